The van der Waals surface area contributed by atoms with E-state index in [2.05, 4.69) is 5.32 Å². The normalized spacial score (nSPS) is 14.6. The van der Waals surface area contributed by atoms with E-state index >= 15 is 0 Å². The number of carbonyl (C=O) groups is 1. The molecule has 0 heterocycles. The molecule has 140 valence electrons. The molecule has 0 spiro atoms. The molecule has 0 fully saturated rings. The first-order valence-electron chi connectivity index (χ1n) is 8.54. The van der Waals surface area contributed by atoms with Crippen LogP contribution in [0, 0.1) is 5.92 Å². The highest BCUT2D eigenvalue weighted by Crippen LogP contribution is 2.47. The van der Waals surface area contributed by atoms with Gasteiger partial charge in [0.1, 0.15) is 0 Å². The maximum atomic E-state index is 13.1. The van der Waals surface area contributed by atoms with Gasteiger partial charge >= 0.3 is 5.97 Å². The predicted octanol–water partition coefficient (Wildman–Crippen LogP) is 4.06. The minimum Gasteiger partial charge on any atom is -0.469 e. The second kappa shape index (κ2) is 9.67. The zero-order valence-corrected chi connectivity index (χ0v) is 16.3. The van der Waals surface area contributed by atoms with Gasteiger partial charge in [-0.2, -0.15) is 0 Å². The number of carbonyl (C=O) groups excluding carboxylic acids is 1. The highest BCUT2D eigenvalue weighted by molar-refractivity contribution is 7.58. The van der Waals surface area contributed by atoms with Gasteiger partial charge in [0.05, 0.1) is 25.4 Å². The SMILES string of the molecule is COC(=O)C(C)CP(=O)(CNC(c1ccccc1)c1ccccc1)OC. The lowest BCUT2D eigenvalue weighted by molar-refractivity contribution is -0.144. The second-order valence-electron chi connectivity index (χ2n) is 6.22. The van der Waals surface area contributed by atoms with E-state index in [1.54, 1.807) is 6.92 Å². The van der Waals surface area contributed by atoms with Crippen molar-refractivity contribution in [3.8, 4) is 0 Å². The lowest BCUT2D eigenvalue weighted by atomic mass is 9.99. The van der Waals surface area contributed by atoms with E-state index in [1.165, 1.54) is 14.2 Å². The molecule has 26 heavy (non-hydrogen) atoms. The van der Waals surface area contributed by atoms with E-state index in [1.807, 2.05) is 60.7 Å². The fourth-order valence-corrected chi connectivity index (χ4v) is 4.70. The fraction of sp³-hybridized carbons (Fsp3) is 0.350. The number of benzene rings is 2. The van der Waals surface area contributed by atoms with E-state index in [0.29, 0.717) is 0 Å². The van der Waals surface area contributed by atoms with Crippen LogP contribution in [0.25, 0.3) is 0 Å². The molecule has 0 bridgehead atoms. The molecular weight excluding hydrogens is 349 g/mol. The first-order valence-corrected chi connectivity index (χ1v) is 10.5. The largest absolute Gasteiger partial charge is 0.469 e. The number of methoxy groups -OCH3 is 1. The number of hydrogen-bond donors (Lipinski definition) is 1. The molecule has 0 aliphatic rings. The summed E-state index contributed by atoms with van der Waals surface area (Å²) < 4.78 is 23.1. The van der Waals surface area contributed by atoms with Crippen molar-refractivity contribution in [2.45, 2.75) is 13.0 Å². The van der Waals surface area contributed by atoms with E-state index in [4.69, 9.17) is 9.26 Å². The van der Waals surface area contributed by atoms with Gasteiger partial charge in [-0.25, -0.2) is 0 Å². The van der Waals surface area contributed by atoms with Crippen LogP contribution in [0.15, 0.2) is 60.7 Å². The van der Waals surface area contributed by atoms with Gasteiger partial charge < -0.3 is 9.26 Å². The summed E-state index contributed by atoms with van der Waals surface area (Å²) in [5.74, 6) is -0.871. The predicted molar refractivity (Wildman–Crippen MR) is 103 cm³/mol. The molecule has 0 saturated carbocycles. The highest BCUT2D eigenvalue weighted by atomic mass is 31.2. The van der Waals surface area contributed by atoms with Crippen molar-refractivity contribution in [1.82, 2.24) is 5.32 Å². The Labute approximate surface area is 155 Å². The van der Waals surface area contributed by atoms with Gasteiger partial charge in [-0.3, -0.25) is 14.7 Å². The fourth-order valence-electron chi connectivity index (χ4n) is 2.85. The molecule has 0 aliphatic heterocycles. The van der Waals surface area contributed by atoms with Crippen LogP contribution in [-0.2, 0) is 18.6 Å². The third-order valence-electron chi connectivity index (χ3n) is 4.29. The van der Waals surface area contributed by atoms with Crippen LogP contribution < -0.4 is 5.32 Å². The van der Waals surface area contributed by atoms with Crippen molar-refractivity contribution < 1.29 is 18.6 Å². The van der Waals surface area contributed by atoms with E-state index in [9.17, 15) is 9.36 Å². The molecule has 1 N–H and O–H groups in total. The Morgan fingerprint density at radius 3 is 1.92 bits per heavy atom. The Kier molecular flexibility index (Phi) is 7.58. The smallest absolute Gasteiger partial charge is 0.308 e. The molecule has 5 nitrogen and oxygen atoms in total. The Morgan fingerprint density at radius 2 is 1.50 bits per heavy atom. The lowest BCUT2D eigenvalue weighted by Gasteiger charge is -2.24. The Balaban J connectivity index is 2.17. The molecule has 0 aliphatic carbocycles. The monoisotopic (exact) mass is 375 g/mol. The van der Waals surface area contributed by atoms with Gasteiger partial charge in [0.15, 0.2) is 0 Å². The van der Waals surface area contributed by atoms with Crippen molar-refractivity contribution >= 4 is 13.3 Å². The number of ether oxygens (including phenoxy) is 1. The molecule has 0 radical (unpaired) electrons. The first-order chi connectivity index (χ1) is 12.5. The van der Waals surface area contributed by atoms with Crippen LogP contribution in [0.1, 0.15) is 24.1 Å². The zero-order valence-electron chi connectivity index (χ0n) is 15.4. The summed E-state index contributed by atoms with van der Waals surface area (Å²) in [6.07, 6.45) is 0.304. The van der Waals surface area contributed by atoms with Gasteiger partial charge in [-0.05, 0) is 11.1 Å². The summed E-state index contributed by atoms with van der Waals surface area (Å²) >= 11 is 0. The molecule has 2 aromatic carbocycles. The molecule has 6 heteroatoms. The lowest BCUT2D eigenvalue weighted by Crippen LogP contribution is -2.26. The summed E-state index contributed by atoms with van der Waals surface area (Å²) in [6.45, 7) is 1.70. The van der Waals surface area contributed by atoms with E-state index in [-0.39, 0.29) is 24.5 Å². The van der Waals surface area contributed by atoms with Crippen LogP contribution in [0.2, 0.25) is 0 Å². The summed E-state index contributed by atoms with van der Waals surface area (Å²) in [5, 5.41) is 3.37. The molecule has 0 amide bonds. The number of hydrogen-bond acceptors (Lipinski definition) is 5. The average molecular weight is 375 g/mol. The van der Waals surface area contributed by atoms with Gasteiger partial charge in [-0.15, -0.1) is 0 Å². The van der Waals surface area contributed by atoms with Crippen LogP contribution in [-0.4, -0.2) is 32.6 Å². The minimum absolute atomic E-state index is 0.116. The summed E-state index contributed by atoms with van der Waals surface area (Å²) in [6, 6.07) is 19.8. The summed E-state index contributed by atoms with van der Waals surface area (Å²) in [7, 11) is -0.278. The summed E-state index contributed by atoms with van der Waals surface area (Å²) in [4.78, 5) is 11.7. The molecule has 2 atom stereocenters. The number of rotatable bonds is 9. The van der Waals surface area contributed by atoms with Crippen LogP contribution >= 0.6 is 7.37 Å². The third kappa shape index (κ3) is 5.53. The number of esters is 1. The zero-order chi connectivity index (χ0) is 19.0. The van der Waals surface area contributed by atoms with E-state index < -0.39 is 13.3 Å². The third-order valence-corrected chi connectivity index (χ3v) is 6.72. The van der Waals surface area contributed by atoms with Gasteiger partial charge in [-0.1, -0.05) is 67.6 Å². The van der Waals surface area contributed by atoms with Crippen molar-refractivity contribution in [3.05, 3.63) is 71.8 Å². The van der Waals surface area contributed by atoms with Gasteiger partial charge in [0.2, 0.25) is 7.37 Å². The van der Waals surface area contributed by atoms with Crippen LogP contribution in [0.4, 0.5) is 0 Å². The Morgan fingerprint density at radius 1 is 1.00 bits per heavy atom. The maximum absolute atomic E-state index is 13.1. The molecule has 2 rings (SSSR count). The minimum atomic E-state index is -3.03. The molecule has 2 aromatic rings. The Bertz CT molecular complexity index is 696. The Hall–Kier alpha value is -1.94. The molecule has 2 unspecified atom stereocenters. The van der Waals surface area contributed by atoms with Crippen LogP contribution in [0.3, 0.4) is 0 Å². The van der Waals surface area contributed by atoms with Gasteiger partial charge in [0.25, 0.3) is 0 Å². The van der Waals surface area contributed by atoms with Gasteiger partial charge in [0, 0.05) is 13.3 Å². The van der Waals surface area contributed by atoms with Crippen molar-refractivity contribution in [1.29, 1.82) is 0 Å². The highest BCUT2D eigenvalue weighted by Gasteiger charge is 2.29. The number of nitrogens with one attached hydrogen (secondary N) is 1. The quantitative estimate of drug-likeness (QED) is 0.529. The summed E-state index contributed by atoms with van der Waals surface area (Å²) in [5.41, 5.74) is 2.14. The van der Waals surface area contributed by atoms with E-state index in [0.717, 1.165) is 11.1 Å². The molecule has 0 aromatic heterocycles. The topological polar surface area (TPSA) is 64.6 Å². The average Bonchev–Trinajstić information content (AvgIpc) is 2.69. The van der Waals surface area contributed by atoms with Crippen molar-refractivity contribution in [2.24, 2.45) is 5.92 Å². The van der Waals surface area contributed by atoms with Crippen LogP contribution in [0.5, 0.6) is 0 Å². The maximum Gasteiger partial charge on any atom is 0.308 e. The van der Waals surface area contributed by atoms with Crippen molar-refractivity contribution in [3.63, 3.8) is 0 Å². The molecular formula is C20H26NO4P. The first kappa shape index (κ1) is 20.4. The molecule has 0 saturated heterocycles. The standard InChI is InChI=1S/C20H26NO4P/c1-16(20(22)24-2)14-26(23,25-3)15-21-19(17-10-6-4-7-11-17)18-12-8-5-9-13-18/h4-13,16,19,21H,14-15H2,1-3H3. The second-order valence-corrected chi connectivity index (χ2v) is 8.90. The van der Waals surface area contributed by atoms with Crippen molar-refractivity contribution in [2.75, 3.05) is 26.7 Å².